The maximum Gasteiger partial charge on any atom is 0.184 e. The molecule has 3 aromatic rings. The van der Waals surface area contributed by atoms with Crippen molar-refractivity contribution in [2.24, 2.45) is 0 Å². The summed E-state index contributed by atoms with van der Waals surface area (Å²) >= 11 is 5.18. The van der Waals surface area contributed by atoms with E-state index < -0.39 is 0 Å². The number of nitrogens with one attached hydrogen (secondary N) is 1. The van der Waals surface area contributed by atoms with Gasteiger partial charge < -0.3 is 10.1 Å². The normalized spacial score (nSPS) is 17.3. The fourth-order valence-electron chi connectivity index (χ4n) is 2.60. The van der Waals surface area contributed by atoms with Gasteiger partial charge in [-0.25, -0.2) is 4.98 Å². The van der Waals surface area contributed by atoms with Gasteiger partial charge in [-0.15, -0.1) is 0 Å². The molecule has 4 rings (SSSR count). The Hall–Kier alpha value is -1.59. The predicted molar refractivity (Wildman–Crippen MR) is 90.2 cm³/mol. The van der Waals surface area contributed by atoms with Gasteiger partial charge in [-0.3, -0.25) is 0 Å². The number of para-hydroxylation sites is 1. The molecule has 1 atom stereocenters. The highest BCUT2D eigenvalue weighted by Gasteiger charge is 2.21. The van der Waals surface area contributed by atoms with Crippen LogP contribution in [0, 0.1) is 0 Å². The highest BCUT2D eigenvalue weighted by Crippen LogP contribution is 2.36. The number of thiazole rings is 1. The quantitative estimate of drug-likeness (QED) is 0.698. The monoisotopic (exact) mass is 360 g/mol. The topological polar surface area (TPSA) is 34.1 Å². The fraction of sp³-hybridized carbons (Fsp3) is 0.188. The summed E-state index contributed by atoms with van der Waals surface area (Å²) in [6, 6.07) is 14.7. The average Bonchev–Trinajstić information content (AvgIpc) is 2.89. The molecule has 3 nitrogen and oxygen atoms in total. The molecule has 0 radical (unpaired) electrons. The number of fused-ring (bicyclic) bond motifs is 2. The first-order chi connectivity index (χ1) is 10.3. The van der Waals surface area contributed by atoms with Crippen molar-refractivity contribution in [3.05, 3.63) is 52.5 Å². The van der Waals surface area contributed by atoms with E-state index in [1.54, 1.807) is 11.3 Å². The lowest BCUT2D eigenvalue weighted by molar-refractivity contribution is 0.274. The van der Waals surface area contributed by atoms with Gasteiger partial charge in [-0.2, -0.15) is 0 Å². The predicted octanol–water partition coefficient (Wildman–Crippen LogP) is 4.99. The number of nitrogens with zero attached hydrogens (tertiary/aromatic N) is 1. The van der Waals surface area contributed by atoms with Gasteiger partial charge in [0.1, 0.15) is 5.75 Å². The maximum atomic E-state index is 5.70. The number of hydrogen-bond acceptors (Lipinski definition) is 4. The molecular weight excluding hydrogens is 348 g/mol. The minimum absolute atomic E-state index is 0.263. The van der Waals surface area contributed by atoms with Crippen LogP contribution in [-0.4, -0.2) is 11.6 Å². The summed E-state index contributed by atoms with van der Waals surface area (Å²) in [7, 11) is 0. The van der Waals surface area contributed by atoms with Gasteiger partial charge in [-0.1, -0.05) is 45.5 Å². The molecular formula is C16H13BrN2OS. The van der Waals surface area contributed by atoms with Crippen molar-refractivity contribution in [3.63, 3.8) is 0 Å². The van der Waals surface area contributed by atoms with Crippen molar-refractivity contribution in [2.45, 2.75) is 12.5 Å². The highest BCUT2D eigenvalue weighted by atomic mass is 79.9. The number of rotatable bonds is 2. The summed E-state index contributed by atoms with van der Waals surface area (Å²) in [5, 5.41) is 4.52. The van der Waals surface area contributed by atoms with Crippen LogP contribution < -0.4 is 10.1 Å². The molecule has 106 valence electrons. The Bertz CT molecular complexity index is 802. The zero-order chi connectivity index (χ0) is 14.2. The van der Waals surface area contributed by atoms with E-state index in [9.17, 15) is 0 Å². The van der Waals surface area contributed by atoms with Gasteiger partial charge >= 0.3 is 0 Å². The third-order valence-corrected chi connectivity index (χ3v) is 5.07. The zero-order valence-electron chi connectivity index (χ0n) is 11.2. The SMILES string of the molecule is Brc1ccc2sc(NC3CCOc4ccccc43)nc2c1. The molecule has 1 aliphatic heterocycles. The summed E-state index contributed by atoms with van der Waals surface area (Å²) in [6.45, 7) is 0.741. The van der Waals surface area contributed by atoms with Crippen molar-refractivity contribution < 1.29 is 4.74 Å². The van der Waals surface area contributed by atoms with Crippen molar-refractivity contribution in [2.75, 3.05) is 11.9 Å². The van der Waals surface area contributed by atoms with E-state index in [1.807, 2.05) is 18.2 Å². The third kappa shape index (κ3) is 2.51. The number of ether oxygens (including phenoxy) is 1. The van der Waals surface area contributed by atoms with E-state index in [4.69, 9.17) is 4.74 Å². The molecule has 0 fully saturated rings. The molecule has 0 amide bonds. The van der Waals surface area contributed by atoms with Crippen molar-refractivity contribution in [3.8, 4) is 5.75 Å². The van der Waals surface area contributed by atoms with Crippen LogP contribution in [0.25, 0.3) is 10.2 Å². The lowest BCUT2D eigenvalue weighted by Crippen LogP contribution is -2.20. The fourth-order valence-corrected chi connectivity index (χ4v) is 3.85. The summed E-state index contributed by atoms with van der Waals surface area (Å²) in [4.78, 5) is 4.68. The summed E-state index contributed by atoms with van der Waals surface area (Å²) in [5.41, 5.74) is 2.24. The van der Waals surface area contributed by atoms with Crippen LogP contribution in [0.15, 0.2) is 46.9 Å². The molecule has 1 N–H and O–H groups in total. The Balaban J connectivity index is 1.66. The molecule has 1 unspecified atom stereocenters. The van der Waals surface area contributed by atoms with Crippen molar-refractivity contribution in [1.82, 2.24) is 4.98 Å². The number of hydrogen-bond donors (Lipinski definition) is 1. The van der Waals surface area contributed by atoms with Gasteiger partial charge in [0, 0.05) is 16.5 Å². The van der Waals surface area contributed by atoms with Gasteiger partial charge in [0.05, 0.1) is 22.9 Å². The minimum atomic E-state index is 0.263. The Morgan fingerprint density at radius 2 is 2.14 bits per heavy atom. The molecule has 2 heterocycles. The third-order valence-electron chi connectivity index (χ3n) is 3.61. The van der Waals surface area contributed by atoms with Gasteiger partial charge in [0.25, 0.3) is 0 Å². The second-order valence-electron chi connectivity index (χ2n) is 5.00. The standard InChI is InChI=1S/C16H13BrN2OS/c17-10-5-6-15-13(9-10)19-16(21-15)18-12-7-8-20-14-4-2-1-3-11(12)14/h1-6,9,12H,7-8H2,(H,18,19). The van der Waals surface area contributed by atoms with E-state index in [1.165, 1.54) is 10.3 Å². The molecule has 2 aromatic carbocycles. The second kappa shape index (κ2) is 5.31. The van der Waals surface area contributed by atoms with Crippen LogP contribution in [0.3, 0.4) is 0 Å². The van der Waals surface area contributed by atoms with Crippen LogP contribution in [0.1, 0.15) is 18.0 Å². The molecule has 0 spiro atoms. The van der Waals surface area contributed by atoms with Crippen LogP contribution in [0.4, 0.5) is 5.13 Å². The smallest absolute Gasteiger partial charge is 0.184 e. The van der Waals surface area contributed by atoms with E-state index in [2.05, 4.69) is 50.5 Å². The van der Waals surface area contributed by atoms with Crippen LogP contribution in [0.2, 0.25) is 0 Å². The van der Waals surface area contributed by atoms with E-state index in [0.29, 0.717) is 0 Å². The molecule has 1 aliphatic rings. The molecule has 0 saturated heterocycles. The van der Waals surface area contributed by atoms with E-state index in [0.717, 1.165) is 33.9 Å². The van der Waals surface area contributed by atoms with Crippen LogP contribution >= 0.6 is 27.3 Å². The molecule has 21 heavy (non-hydrogen) atoms. The molecule has 0 aliphatic carbocycles. The lowest BCUT2D eigenvalue weighted by Gasteiger charge is -2.26. The largest absolute Gasteiger partial charge is 0.493 e. The molecule has 0 bridgehead atoms. The first-order valence-corrected chi connectivity index (χ1v) is 8.45. The summed E-state index contributed by atoms with van der Waals surface area (Å²) in [5.74, 6) is 0.977. The number of halogens is 1. The number of benzene rings is 2. The Morgan fingerprint density at radius 1 is 1.24 bits per heavy atom. The average molecular weight is 361 g/mol. The van der Waals surface area contributed by atoms with Gasteiger partial charge in [-0.05, 0) is 24.3 Å². The first-order valence-electron chi connectivity index (χ1n) is 6.84. The van der Waals surface area contributed by atoms with Gasteiger partial charge in [0.15, 0.2) is 5.13 Å². The van der Waals surface area contributed by atoms with E-state index in [-0.39, 0.29) is 6.04 Å². The number of aromatic nitrogens is 1. The van der Waals surface area contributed by atoms with Crippen molar-refractivity contribution >= 4 is 42.6 Å². The van der Waals surface area contributed by atoms with Crippen molar-refractivity contribution in [1.29, 1.82) is 0 Å². The lowest BCUT2D eigenvalue weighted by atomic mass is 10.0. The minimum Gasteiger partial charge on any atom is -0.493 e. The summed E-state index contributed by atoms with van der Waals surface area (Å²) < 4.78 is 7.96. The van der Waals surface area contributed by atoms with Gasteiger partial charge in [0.2, 0.25) is 0 Å². The molecule has 0 saturated carbocycles. The molecule has 5 heteroatoms. The Labute approximate surface area is 135 Å². The summed E-state index contributed by atoms with van der Waals surface area (Å²) in [6.07, 6.45) is 0.955. The Morgan fingerprint density at radius 3 is 3.10 bits per heavy atom. The maximum absolute atomic E-state index is 5.70. The first kappa shape index (κ1) is 13.1. The zero-order valence-corrected chi connectivity index (χ0v) is 13.6. The van der Waals surface area contributed by atoms with Crippen LogP contribution in [0.5, 0.6) is 5.75 Å². The highest BCUT2D eigenvalue weighted by molar-refractivity contribution is 9.10. The molecule has 1 aromatic heterocycles. The van der Waals surface area contributed by atoms with Crippen LogP contribution in [-0.2, 0) is 0 Å². The Kier molecular flexibility index (Phi) is 3.31. The number of anilines is 1. The van der Waals surface area contributed by atoms with E-state index >= 15 is 0 Å². The second-order valence-corrected chi connectivity index (χ2v) is 6.95.